The van der Waals surface area contributed by atoms with Gasteiger partial charge in [0.1, 0.15) is 0 Å². The molecule has 142 valence electrons. The molecule has 1 atom stereocenters. The Kier molecular flexibility index (Phi) is 5.89. The second-order valence-electron chi connectivity index (χ2n) is 7.96. The zero-order chi connectivity index (χ0) is 18.4. The highest BCUT2D eigenvalue weighted by Crippen LogP contribution is 2.31. The summed E-state index contributed by atoms with van der Waals surface area (Å²) in [6.45, 7) is 12.6. The number of benzene rings is 1. The standard InChI is InChI=1S/C21H29N3O.ClH/c1-14-8-15(2)10-18(9-14)24-16(3)11-19(17(24)4)20(25)23-7-6-21(5,12-22)13-23;/h8-11H,6-7,12-13,22H2,1-5H3;1H. The van der Waals surface area contributed by atoms with Gasteiger partial charge in [-0.15, -0.1) is 12.4 Å². The summed E-state index contributed by atoms with van der Waals surface area (Å²) in [7, 11) is 0. The molecule has 1 amide bonds. The largest absolute Gasteiger partial charge is 0.338 e. The lowest BCUT2D eigenvalue weighted by atomic mass is 9.90. The molecule has 0 saturated carbocycles. The van der Waals surface area contributed by atoms with E-state index in [0.29, 0.717) is 6.54 Å². The van der Waals surface area contributed by atoms with Crippen LogP contribution in [0.4, 0.5) is 0 Å². The lowest BCUT2D eigenvalue weighted by Crippen LogP contribution is -2.34. The molecule has 1 saturated heterocycles. The second-order valence-corrected chi connectivity index (χ2v) is 7.96. The Morgan fingerprint density at radius 1 is 1.12 bits per heavy atom. The van der Waals surface area contributed by atoms with E-state index in [1.54, 1.807) is 0 Å². The number of carbonyl (C=O) groups is 1. The molecule has 2 heterocycles. The predicted octanol–water partition coefficient (Wildman–Crippen LogP) is 3.94. The van der Waals surface area contributed by atoms with E-state index in [0.717, 1.165) is 42.1 Å². The van der Waals surface area contributed by atoms with Gasteiger partial charge in [-0.05, 0) is 75.4 Å². The first kappa shape index (κ1) is 20.5. The molecule has 1 aromatic carbocycles. The fourth-order valence-corrected chi connectivity index (χ4v) is 3.99. The molecule has 0 spiro atoms. The SMILES string of the molecule is Cc1cc(C)cc(-n2c(C)cc(C(=O)N3CCC(C)(CN)C3)c2C)c1.Cl. The van der Waals surface area contributed by atoms with Crippen LogP contribution in [0.2, 0.25) is 0 Å². The summed E-state index contributed by atoms with van der Waals surface area (Å²) in [4.78, 5) is 15.0. The number of halogens is 1. The number of carbonyl (C=O) groups excluding carboxylic acids is 1. The summed E-state index contributed by atoms with van der Waals surface area (Å²) in [5.41, 5.74) is 12.4. The number of rotatable bonds is 3. The molecule has 1 aromatic heterocycles. The number of hydrogen-bond acceptors (Lipinski definition) is 2. The van der Waals surface area contributed by atoms with Crippen molar-refractivity contribution in [3.8, 4) is 5.69 Å². The topological polar surface area (TPSA) is 51.3 Å². The maximum atomic E-state index is 13.1. The third kappa shape index (κ3) is 3.67. The number of likely N-dealkylation sites (tertiary alicyclic amines) is 1. The van der Waals surface area contributed by atoms with Crippen molar-refractivity contribution in [2.45, 2.75) is 41.0 Å². The van der Waals surface area contributed by atoms with Gasteiger partial charge in [0.15, 0.2) is 0 Å². The van der Waals surface area contributed by atoms with E-state index in [2.05, 4.69) is 50.5 Å². The van der Waals surface area contributed by atoms with Crippen molar-refractivity contribution in [2.24, 2.45) is 11.1 Å². The molecule has 2 N–H and O–H groups in total. The minimum Gasteiger partial charge on any atom is -0.338 e. The highest BCUT2D eigenvalue weighted by atomic mass is 35.5. The van der Waals surface area contributed by atoms with Crippen molar-refractivity contribution in [2.75, 3.05) is 19.6 Å². The average molecular weight is 376 g/mol. The minimum absolute atomic E-state index is 0. The fraction of sp³-hybridized carbons (Fsp3) is 0.476. The van der Waals surface area contributed by atoms with Crippen LogP contribution in [0.25, 0.3) is 5.69 Å². The summed E-state index contributed by atoms with van der Waals surface area (Å²) >= 11 is 0. The van der Waals surface area contributed by atoms with Crippen LogP contribution in [0.1, 0.15) is 46.2 Å². The molecule has 1 aliphatic rings. The number of amides is 1. The van der Waals surface area contributed by atoms with Crippen LogP contribution in [0, 0.1) is 33.1 Å². The zero-order valence-electron chi connectivity index (χ0n) is 16.4. The van der Waals surface area contributed by atoms with Gasteiger partial charge in [-0.25, -0.2) is 0 Å². The maximum absolute atomic E-state index is 13.1. The Bertz CT molecular complexity index is 807. The average Bonchev–Trinajstić information content (AvgIpc) is 3.07. The number of nitrogens with zero attached hydrogens (tertiary/aromatic N) is 2. The minimum atomic E-state index is 0. The van der Waals surface area contributed by atoms with E-state index < -0.39 is 0 Å². The highest BCUT2D eigenvalue weighted by molar-refractivity contribution is 5.96. The lowest BCUT2D eigenvalue weighted by Gasteiger charge is -2.22. The Morgan fingerprint density at radius 3 is 2.27 bits per heavy atom. The summed E-state index contributed by atoms with van der Waals surface area (Å²) in [6, 6.07) is 8.53. The van der Waals surface area contributed by atoms with Crippen molar-refractivity contribution >= 4 is 18.3 Å². The molecule has 0 bridgehead atoms. The second kappa shape index (κ2) is 7.45. The van der Waals surface area contributed by atoms with Crippen molar-refractivity contribution in [3.63, 3.8) is 0 Å². The van der Waals surface area contributed by atoms with Crippen LogP contribution in [-0.4, -0.2) is 35.0 Å². The van der Waals surface area contributed by atoms with Crippen molar-refractivity contribution < 1.29 is 4.79 Å². The lowest BCUT2D eigenvalue weighted by molar-refractivity contribution is 0.0776. The van der Waals surface area contributed by atoms with Gasteiger partial charge in [-0.1, -0.05) is 13.0 Å². The number of nitrogens with two attached hydrogens (primary N) is 1. The first-order chi connectivity index (χ1) is 11.7. The third-order valence-electron chi connectivity index (χ3n) is 5.46. The van der Waals surface area contributed by atoms with Gasteiger partial charge in [0.25, 0.3) is 5.91 Å². The summed E-state index contributed by atoms with van der Waals surface area (Å²) < 4.78 is 2.19. The fourth-order valence-electron chi connectivity index (χ4n) is 3.99. The van der Waals surface area contributed by atoms with Crippen LogP contribution in [0.15, 0.2) is 24.3 Å². The molecule has 0 radical (unpaired) electrons. The van der Waals surface area contributed by atoms with Crippen molar-refractivity contribution in [1.29, 1.82) is 0 Å². The molecule has 3 rings (SSSR count). The zero-order valence-corrected chi connectivity index (χ0v) is 17.2. The van der Waals surface area contributed by atoms with E-state index in [4.69, 9.17) is 5.73 Å². The molecular weight excluding hydrogens is 346 g/mol. The molecule has 4 nitrogen and oxygen atoms in total. The summed E-state index contributed by atoms with van der Waals surface area (Å²) in [6.07, 6.45) is 0.977. The molecule has 0 aliphatic carbocycles. The maximum Gasteiger partial charge on any atom is 0.255 e. The monoisotopic (exact) mass is 375 g/mol. The summed E-state index contributed by atoms with van der Waals surface area (Å²) in [5, 5.41) is 0. The van der Waals surface area contributed by atoms with Gasteiger partial charge < -0.3 is 15.2 Å². The highest BCUT2D eigenvalue weighted by Gasteiger charge is 2.36. The molecule has 1 aliphatic heterocycles. The smallest absolute Gasteiger partial charge is 0.255 e. The Balaban J connectivity index is 0.00000243. The van der Waals surface area contributed by atoms with Crippen LogP contribution in [0.5, 0.6) is 0 Å². The molecule has 5 heteroatoms. The van der Waals surface area contributed by atoms with E-state index >= 15 is 0 Å². The Labute approximate surface area is 162 Å². The Morgan fingerprint density at radius 2 is 1.73 bits per heavy atom. The molecule has 1 fully saturated rings. The molecular formula is C21H30ClN3O. The quantitative estimate of drug-likeness (QED) is 0.883. The first-order valence-electron chi connectivity index (χ1n) is 9.01. The van der Waals surface area contributed by atoms with E-state index in [1.807, 2.05) is 17.9 Å². The van der Waals surface area contributed by atoms with Crippen LogP contribution < -0.4 is 5.73 Å². The van der Waals surface area contributed by atoms with E-state index in [9.17, 15) is 4.79 Å². The van der Waals surface area contributed by atoms with Gasteiger partial charge in [0.2, 0.25) is 0 Å². The molecule has 1 unspecified atom stereocenters. The van der Waals surface area contributed by atoms with Gasteiger partial charge in [-0.3, -0.25) is 4.79 Å². The van der Waals surface area contributed by atoms with E-state index in [-0.39, 0.29) is 23.7 Å². The van der Waals surface area contributed by atoms with Crippen molar-refractivity contribution in [1.82, 2.24) is 9.47 Å². The van der Waals surface area contributed by atoms with Crippen molar-refractivity contribution in [3.05, 3.63) is 52.3 Å². The van der Waals surface area contributed by atoms with E-state index in [1.165, 1.54) is 11.1 Å². The Hall–Kier alpha value is -1.78. The van der Waals surface area contributed by atoms with Crippen LogP contribution in [0.3, 0.4) is 0 Å². The molecule has 2 aromatic rings. The van der Waals surface area contributed by atoms with Gasteiger partial charge in [0.05, 0.1) is 5.56 Å². The first-order valence-corrected chi connectivity index (χ1v) is 9.01. The third-order valence-corrected chi connectivity index (χ3v) is 5.46. The van der Waals surface area contributed by atoms with Gasteiger partial charge in [-0.2, -0.15) is 0 Å². The number of aryl methyl sites for hydroxylation is 3. The van der Waals surface area contributed by atoms with Crippen LogP contribution >= 0.6 is 12.4 Å². The molecule has 26 heavy (non-hydrogen) atoms. The van der Waals surface area contributed by atoms with Gasteiger partial charge in [0, 0.05) is 30.2 Å². The normalized spacial score (nSPS) is 19.5. The number of aromatic nitrogens is 1. The number of hydrogen-bond donors (Lipinski definition) is 1. The van der Waals surface area contributed by atoms with Crippen LogP contribution in [-0.2, 0) is 0 Å². The van der Waals surface area contributed by atoms with Gasteiger partial charge >= 0.3 is 0 Å². The summed E-state index contributed by atoms with van der Waals surface area (Å²) in [5.74, 6) is 0.126. The predicted molar refractivity (Wildman–Crippen MR) is 110 cm³/mol.